The molecule has 0 aromatic carbocycles. The van der Waals surface area contributed by atoms with Gasteiger partial charge in [-0.05, 0) is 13.2 Å². The van der Waals surface area contributed by atoms with Crippen LogP contribution in [0.5, 0.6) is 0 Å². The highest BCUT2D eigenvalue weighted by atomic mass is 28.4. The first-order valence-electron chi connectivity index (χ1n) is 13.3. The Morgan fingerprint density at radius 2 is 2.12 bits per heavy atom. The molecule has 0 aliphatic carbocycles. The number of carbonyl (C=O) groups is 1. The van der Waals surface area contributed by atoms with E-state index in [1.54, 1.807) is 0 Å². The standard InChI is InChI=1S/C10H20O5Si/c1-9(2)10(11)15-7-6-8-16(12-3,13-4)14-5/h1,6-8H2,2-5H3/i1D2,2D3,3D3,4D3,5D3,6D2,7D2,8D2. The van der Waals surface area contributed by atoms with Gasteiger partial charge in [-0.15, -0.1) is 0 Å². The second-order valence-corrected chi connectivity index (χ2v) is 3.95. The summed E-state index contributed by atoms with van der Waals surface area (Å²) >= 11 is 0. The van der Waals surface area contributed by atoms with Gasteiger partial charge >= 0.3 is 14.8 Å². The number of ether oxygens (including phenoxy) is 1. The summed E-state index contributed by atoms with van der Waals surface area (Å²) in [5, 5.41) is 0. The molecule has 0 aliphatic heterocycles. The molecule has 0 fully saturated rings. The highest BCUT2D eigenvalue weighted by Crippen LogP contribution is 2.14. The molecule has 94 valence electrons. The van der Waals surface area contributed by atoms with Crippen LogP contribution in [0, 0.1) is 0 Å². The largest absolute Gasteiger partial charge is 0.500 e. The van der Waals surface area contributed by atoms with Crippen molar-refractivity contribution in [1.29, 1.82) is 0 Å². The Kier molecular flexibility index (Phi) is 1.26. The first-order valence-corrected chi connectivity index (χ1v) is 5.06. The molecule has 0 bridgehead atoms. The molecule has 0 radical (unpaired) electrons. The lowest BCUT2D eigenvalue weighted by Gasteiger charge is -2.24. The summed E-state index contributed by atoms with van der Waals surface area (Å²) in [6.45, 7) is -9.65. The Morgan fingerprint density at radius 1 is 1.44 bits per heavy atom. The lowest BCUT2D eigenvalue weighted by molar-refractivity contribution is -0.139. The number of carbonyl (C=O) groups excluding carboxylic acids is 1. The lowest BCUT2D eigenvalue weighted by atomic mass is 10.4. The van der Waals surface area contributed by atoms with Gasteiger partial charge in [-0.25, -0.2) is 4.79 Å². The minimum absolute atomic E-state index is 1.70. The van der Waals surface area contributed by atoms with E-state index in [-0.39, 0.29) is 0 Å². The second kappa shape index (κ2) is 7.56. The van der Waals surface area contributed by atoms with Gasteiger partial charge in [-0.1, -0.05) is 6.53 Å². The zero-order valence-corrected chi connectivity index (χ0v) is 8.54. The number of hydrogen-bond acceptors (Lipinski definition) is 5. The van der Waals surface area contributed by atoms with Crippen LogP contribution in [0.1, 0.15) is 40.6 Å². The molecule has 6 heteroatoms. The van der Waals surface area contributed by atoms with Gasteiger partial charge in [0.1, 0.15) is 0 Å². The van der Waals surface area contributed by atoms with E-state index < -0.39 is 73.8 Å². The molecule has 0 spiro atoms. The van der Waals surface area contributed by atoms with Gasteiger partial charge in [-0.3, -0.25) is 0 Å². The lowest BCUT2D eigenvalue weighted by Crippen LogP contribution is -2.42. The predicted molar refractivity (Wildman–Crippen MR) is 62.0 cm³/mol. The fourth-order valence-corrected chi connectivity index (χ4v) is 0.846. The van der Waals surface area contributed by atoms with Crippen molar-refractivity contribution >= 4 is 14.8 Å². The average molecular weight is 268 g/mol. The van der Waals surface area contributed by atoms with Gasteiger partial charge in [0, 0.05) is 42.3 Å². The number of esters is 1. The summed E-state index contributed by atoms with van der Waals surface area (Å²) in [7, 11) is -18.4. The van der Waals surface area contributed by atoms with Crippen molar-refractivity contribution in [1.82, 2.24) is 0 Å². The minimum atomic E-state index is -6.67. The maximum absolute atomic E-state index is 12.2. The number of hydrogen-bond donors (Lipinski definition) is 0. The fraction of sp³-hybridized carbons (Fsp3) is 0.700. The molecule has 0 aromatic rings. The van der Waals surface area contributed by atoms with Crippen molar-refractivity contribution in [3.63, 3.8) is 0 Å². The Morgan fingerprint density at radius 3 is 2.62 bits per heavy atom. The van der Waals surface area contributed by atoms with E-state index >= 15 is 0 Å². The number of rotatable bonds is 8. The maximum atomic E-state index is 12.2. The van der Waals surface area contributed by atoms with Crippen molar-refractivity contribution in [2.75, 3.05) is 27.7 Å². The van der Waals surface area contributed by atoms with E-state index in [0.29, 0.717) is 0 Å². The van der Waals surface area contributed by atoms with Crippen LogP contribution in [0.4, 0.5) is 0 Å². The Hall–Kier alpha value is -0.693. The Labute approximate surface area is 126 Å². The van der Waals surface area contributed by atoms with E-state index in [9.17, 15) is 4.79 Å². The van der Waals surface area contributed by atoms with Gasteiger partial charge in [0.05, 0.1) is 24.4 Å². The van der Waals surface area contributed by atoms with E-state index in [0.717, 1.165) is 0 Å². The molecule has 0 N–H and O–H groups in total. The quantitative estimate of drug-likeness (QED) is 0.378. The SMILES string of the molecule is [2H]C([2H])=C(C(=O)OC([2H])([2H])C([2H])([2H])C([2H])([2H])[Si](OC([2H])([2H])[2H])(OC([2H])([2H])[2H])OC([2H])([2H])[2H])C([2H])([2H])[2H]. The molecule has 0 atom stereocenters. The first kappa shape index (κ1) is 2.66. The van der Waals surface area contributed by atoms with Crippen LogP contribution in [0.25, 0.3) is 0 Å². The van der Waals surface area contributed by atoms with Gasteiger partial charge in [-0.2, -0.15) is 0 Å². The Balaban J connectivity index is 7.06. The summed E-state index contributed by atoms with van der Waals surface area (Å²) in [4.78, 5) is 12.2. The smallest absolute Gasteiger partial charge is 0.462 e. The minimum Gasteiger partial charge on any atom is -0.462 e. The normalized spacial score (nSPS) is 35.2. The van der Waals surface area contributed by atoms with Crippen LogP contribution in [0.15, 0.2) is 12.1 Å². The van der Waals surface area contributed by atoms with Crippen molar-refractivity contribution in [3.05, 3.63) is 12.1 Å². The molecule has 16 heavy (non-hydrogen) atoms. The third kappa shape index (κ3) is 4.89. The summed E-state index contributed by atoms with van der Waals surface area (Å²) in [6, 6.07) is 0. The van der Waals surface area contributed by atoms with Crippen LogP contribution in [-0.4, -0.2) is 42.4 Å². The van der Waals surface area contributed by atoms with Gasteiger partial charge in [0.2, 0.25) is 0 Å². The molecule has 0 heterocycles. The molecule has 0 aromatic heterocycles. The van der Waals surface area contributed by atoms with Gasteiger partial charge < -0.3 is 18.0 Å². The summed E-state index contributed by atoms with van der Waals surface area (Å²) < 4.78 is 164. The van der Waals surface area contributed by atoms with Gasteiger partial charge in [0.15, 0.2) is 0 Å². The maximum Gasteiger partial charge on any atom is 0.500 e. The predicted octanol–water partition coefficient (Wildman–Crippen LogP) is 1.37. The Bertz CT molecular complexity index is 789. The zero-order chi connectivity index (χ0) is 29.6. The van der Waals surface area contributed by atoms with Crippen LogP contribution >= 0.6 is 0 Å². The molecule has 0 rings (SSSR count). The third-order valence-corrected chi connectivity index (χ3v) is 2.25. The second-order valence-electron chi connectivity index (χ2n) is 1.98. The van der Waals surface area contributed by atoms with Crippen LogP contribution in [0.2, 0.25) is 6.00 Å². The third-order valence-electron chi connectivity index (χ3n) is 1.02. The highest BCUT2D eigenvalue weighted by Gasteiger charge is 2.36. The topological polar surface area (TPSA) is 54.0 Å². The average Bonchev–Trinajstić information content (AvgIpc) is 2.45. The molecule has 0 saturated heterocycles. The molecule has 0 unspecified atom stereocenters. The van der Waals surface area contributed by atoms with Crippen molar-refractivity contribution in [2.45, 2.75) is 19.2 Å². The molecular formula is C10H20O5Si. The molecule has 5 nitrogen and oxygen atoms in total. The zero-order valence-electron chi connectivity index (χ0n) is 27.5. The van der Waals surface area contributed by atoms with E-state index in [1.165, 1.54) is 0 Å². The summed E-state index contributed by atoms with van der Waals surface area (Å²) in [5.41, 5.74) is -1.76. The van der Waals surface area contributed by atoms with Crippen LogP contribution < -0.4 is 0 Å². The molecular weight excluding hydrogens is 228 g/mol. The first-order chi connectivity index (χ1) is 15.3. The summed E-state index contributed by atoms with van der Waals surface area (Å²) in [6.07, 6.45) is -4.51. The van der Waals surface area contributed by atoms with E-state index in [1.807, 2.05) is 0 Å². The molecule has 0 saturated carbocycles. The van der Waals surface area contributed by atoms with Crippen LogP contribution in [-0.2, 0) is 22.8 Å². The van der Waals surface area contributed by atoms with E-state index in [4.69, 9.17) is 27.4 Å². The van der Waals surface area contributed by atoms with Crippen LogP contribution in [0.3, 0.4) is 0 Å². The molecule has 0 aliphatic rings. The van der Waals surface area contributed by atoms with Crippen molar-refractivity contribution in [2.24, 2.45) is 0 Å². The summed E-state index contributed by atoms with van der Waals surface area (Å²) in [5.74, 6) is -6.85. The van der Waals surface area contributed by atoms with Gasteiger partial charge in [0.25, 0.3) is 0 Å². The highest BCUT2D eigenvalue weighted by molar-refractivity contribution is 6.60. The molecule has 0 amide bonds. The monoisotopic (exact) mass is 268 g/mol. The van der Waals surface area contributed by atoms with Crippen molar-refractivity contribution in [3.8, 4) is 0 Å². The fourth-order valence-electron chi connectivity index (χ4n) is 0.364. The van der Waals surface area contributed by atoms with Crippen molar-refractivity contribution < 1.29 is 50.2 Å². The van der Waals surface area contributed by atoms with E-state index in [2.05, 4.69) is 18.0 Å².